The lowest BCUT2D eigenvalue weighted by Gasteiger charge is -2.38. The molecule has 1 nitrogen and oxygen atoms in total. The van der Waals surface area contributed by atoms with Gasteiger partial charge in [-0.1, -0.05) is 20.8 Å². The minimum absolute atomic E-state index is 0.803. The van der Waals surface area contributed by atoms with Gasteiger partial charge in [-0.2, -0.15) is 11.8 Å². The zero-order valence-corrected chi connectivity index (χ0v) is 13.0. The maximum atomic E-state index is 3.78. The van der Waals surface area contributed by atoms with Crippen LogP contribution in [0.1, 0.15) is 52.9 Å². The molecule has 1 saturated carbocycles. The van der Waals surface area contributed by atoms with Crippen LogP contribution < -0.4 is 5.32 Å². The predicted molar refractivity (Wildman–Crippen MR) is 80.7 cm³/mol. The quantitative estimate of drug-likeness (QED) is 0.734. The molecule has 2 heteroatoms. The molecule has 102 valence electrons. The highest BCUT2D eigenvalue weighted by Crippen LogP contribution is 2.36. The maximum absolute atomic E-state index is 3.78. The number of hydrogen-bond donors (Lipinski definition) is 1. The average molecular weight is 257 g/mol. The first-order valence-corrected chi connectivity index (χ1v) is 8.80. The highest BCUT2D eigenvalue weighted by atomic mass is 32.2. The van der Waals surface area contributed by atoms with Crippen molar-refractivity contribution < 1.29 is 0 Å². The van der Waals surface area contributed by atoms with E-state index >= 15 is 0 Å². The summed E-state index contributed by atoms with van der Waals surface area (Å²) in [5.41, 5.74) is 0. The van der Waals surface area contributed by atoms with Crippen LogP contribution in [0, 0.1) is 17.8 Å². The summed E-state index contributed by atoms with van der Waals surface area (Å²) in [6.45, 7) is 8.27. The van der Waals surface area contributed by atoms with Crippen molar-refractivity contribution in [2.45, 2.75) is 58.9 Å². The summed E-state index contributed by atoms with van der Waals surface area (Å²) in [5.74, 6) is 4.11. The summed E-state index contributed by atoms with van der Waals surface area (Å²) in [7, 11) is 0. The molecule has 0 spiro atoms. The third-order valence-electron chi connectivity index (χ3n) is 4.32. The summed E-state index contributed by atoms with van der Waals surface area (Å²) in [6, 6.07) is 0.803. The van der Waals surface area contributed by atoms with Gasteiger partial charge in [-0.3, -0.25) is 0 Å². The van der Waals surface area contributed by atoms with Gasteiger partial charge in [0.25, 0.3) is 0 Å². The highest BCUT2D eigenvalue weighted by Gasteiger charge is 2.30. The van der Waals surface area contributed by atoms with Gasteiger partial charge in [-0.05, 0) is 68.4 Å². The Labute approximate surface area is 113 Å². The van der Waals surface area contributed by atoms with E-state index in [0.29, 0.717) is 0 Å². The number of hydrogen-bond acceptors (Lipinski definition) is 2. The van der Waals surface area contributed by atoms with Crippen LogP contribution in [0.5, 0.6) is 0 Å². The normalized spacial score (nSPS) is 29.8. The molecule has 3 atom stereocenters. The van der Waals surface area contributed by atoms with Crippen LogP contribution in [-0.2, 0) is 0 Å². The van der Waals surface area contributed by atoms with Crippen molar-refractivity contribution >= 4 is 11.8 Å². The third-order valence-corrected chi connectivity index (χ3v) is 4.96. The Kier molecular flexibility index (Phi) is 7.61. The first kappa shape index (κ1) is 15.4. The second-order valence-electron chi connectivity index (χ2n) is 5.92. The van der Waals surface area contributed by atoms with Crippen molar-refractivity contribution in [1.29, 1.82) is 0 Å². The van der Waals surface area contributed by atoms with Crippen molar-refractivity contribution in [1.82, 2.24) is 5.32 Å². The van der Waals surface area contributed by atoms with Crippen LogP contribution in [0.4, 0.5) is 0 Å². The van der Waals surface area contributed by atoms with E-state index < -0.39 is 0 Å². The largest absolute Gasteiger partial charge is 0.314 e. The fourth-order valence-corrected chi connectivity index (χ4v) is 3.63. The molecule has 1 fully saturated rings. The second-order valence-corrected chi connectivity index (χ2v) is 6.90. The van der Waals surface area contributed by atoms with Crippen LogP contribution in [0.3, 0.4) is 0 Å². The predicted octanol–water partition coefficient (Wildman–Crippen LogP) is 4.18. The lowest BCUT2D eigenvalue weighted by atomic mass is 9.72. The molecule has 1 aliphatic rings. The molecule has 0 bridgehead atoms. The summed E-state index contributed by atoms with van der Waals surface area (Å²) in [4.78, 5) is 0. The van der Waals surface area contributed by atoms with Crippen LogP contribution in [-0.4, -0.2) is 24.6 Å². The first-order chi connectivity index (χ1) is 8.19. The molecule has 0 amide bonds. The fourth-order valence-electron chi connectivity index (χ4n) is 3.09. The molecular formula is C15H31NS. The van der Waals surface area contributed by atoms with E-state index in [1.165, 1.54) is 44.4 Å². The van der Waals surface area contributed by atoms with Crippen molar-refractivity contribution in [3.63, 3.8) is 0 Å². The van der Waals surface area contributed by atoms with Gasteiger partial charge >= 0.3 is 0 Å². The van der Waals surface area contributed by atoms with Crippen LogP contribution >= 0.6 is 11.8 Å². The summed E-state index contributed by atoms with van der Waals surface area (Å²) < 4.78 is 0. The Morgan fingerprint density at radius 1 is 1.29 bits per heavy atom. The van der Waals surface area contributed by atoms with Gasteiger partial charge < -0.3 is 5.32 Å². The lowest BCUT2D eigenvalue weighted by Crippen LogP contribution is -2.42. The summed E-state index contributed by atoms with van der Waals surface area (Å²) in [5, 5.41) is 3.78. The van der Waals surface area contributed by atoms with Gasteiger partial charge in [0.15, 0.2) is 0 Å². The second kappa shape index (κ2) is 8.42. The van der Waals surface area contributed by atoms with Crippen molar-refractivity contribution in [2.24, 2.45) is 17.8 Å². The minimum atomic E-state index is 0.803. The van der Waals surface area contributed by atoms with Gasteiger partial charge in [0.05, 0.1) is 0 Å². The molecule has 0 saturated heterocycles. The van der Waals surface area contributed by atoms with Gasteiger partial charge in [0.2, 0.25) is 0 Å². The standard InChI is InChI=1S/C15H31NS/c1-5-9-16-15-7-6-13(12(2)3)11-14(15)8-10-17-4/h12-16H,5-11H2,1-4H3. The Balaban J connectivity index is 2.46. The molecular weight excluding hydrogens is 226 g/mol. The van der Waals surface area contributed by atoms with E-state index in [2.05, 4.69) is 32.3 Å². The highest BCUT2D eigenvalue weighted by molar-refractivity contribution is 7.98. The Hall–Kier alpha value is 0.310. The maximum Gasteiger partial charge on any atom is 0.00958 e. The molecule has 0 aromatic heterocycles. The molecule has 0 aromatic rings. The van der Waals surface area contributed by atoms with Gasteiger partial charge in [-0.15, -0.1) is 0 Å². The Bertz CT molecular complexity index is 193. The first-order valence-electron chi connectivity index (χ1n) is 7.41. The monoisotopic (exact) mass is 257 g/mol. The number of nitrogens with one attached hydrogen (secondary N) is 1. The van der Waals surface area contributed by atoms with Gasteiger partial charge in [0, 0.05) is 6.04 Å². The molecule has 0 aliphatic heterocycles. The van der Waals surface area contributed by atoms with Crippen LogP contribution in [0.25, 0.3) is 0 Å². The minimum Gasteiger partial charge on any atom is -0.314 e. The van der Waals surface area contributed by atoms with Crippen molar-refractivity contribution in [3.8, 4) is 0 Å². The average Bonchev–Trinajstić information content (AvgIpc) is 2.34. The Morgan fingerprint density at radius 2 is 2.06 bits per heavy atom. The zero-order valence-electron chi connectivity index (χ0n) is 12.2. The van der Waals surface area contributed by atoms with Crippen molar-refractivity contribution in [3.05, 3.63) is 0 Å². The molecule has 1 N–H and O–H groups in total. The SMILES string of the molecule is CCCNC1CCC(C(C)C)CC1CCSC. The topological polar surface area (TPSA) is 12.0 Å². The van der Waals surface area contributed by atoms with E-state index in [0.717, 1.165) is 23.8 Å². The lowest BCUT2D eigenvalue weighted by molar-refractivity contribution is 0.165. The number of rotatable bonds is 7. The number of thioether (sulfide) groups is 1. The van der Waals surface area contributed by atoms with E-state index in [4.69, 9.17) is 0 Å². The van der Waals surface area contributed by atoms with E-state index in [-0.39, 0.29) is 0 Å². The molecule has 0 heterocycles. The van der Waals surface area contributed by atoms with E-state index in [9.17, 15) is 0 Å². The van der Waals surface area contributed by atoms with Gasteiger partial charge in [0.1, 0.15) is 0 Å². The fraction of sp³-hybridized carbons (Fsp3) is 1.00. The van der Waals surface area contributed by atoms with E-state index in [1.54, 1.807) is 0 Å². The molecule has 0 radical (unpaired) electrons. The van der Waals surface area contributed by atoms with Gasteiger partial charge in [-0.25, -0.2) is 0 Å². The third kappa shape index (κ3) is 5.21. The summed E-state index contributed by atoms with van der Waals surface area (Å²) in [6.07, 6.45) is 9.21. The molecule has 17 heavy (non-hydrogen) atoms. The van der Waals surface area contributed by atoms with E-state index in [1.807, 2.05) is 11.8 Å². The molecule has 0 aromatic carbocycles. The zero-order chi connectivity index (χ0) is 12.7. The summed E-state index contributed by atoms with van der Waals surface area (Å²) >= 11 is 2.00. The molecule has 1 rings (SSSR count). The van der Waals surface area contributed by atoms with Crippen LogP contribution in [0.2, 0.25) is 0 Å². The smallest absolute Gasteiger partial charge is 0.00958 e. The van der Waals surface area contributed by atoms with Crippen molar-refractivity contribution in [2.75, 3.05) is 18.6 Å². The Morgan fingerprint density at radius 3 is 2.65 bits per heavy atom. The van der Waals surface area contributed by atoms with Crippen LogP contribution in [0.15, 0.2) is 0 Å². The molecule has 3 unspecified atom stereocenters. The molecule has 1 aliphatic carbocycles.